The lowest BCUT2D eigenvalue weighted by molar-refractivity contribution is -0.165. The van der Waals surface area contributed by atoms with Crippen molar-refractivity contribution < 1.29 is 33.3 Å². The molecule has 2 aliphatic rings. The highest BCUT2D eigenvalue weighted by molar-refractivity contribution is 5.96. The Balaban J connectivity index is 2.14. The lowest BCUT2D eigenvalue weighted by Gasteiger charge is -2.38. The fourth-order valence-corrected chi connectivity index (χ4v) is 3.71. The van der Waals surface area contributed by atoms with Crippen LogP contribution in [0.1, 0.15) is 31.0 Å². The first-order valence-electron chi connectivity index (χ1n) is 9.06. The molecule has 0 amide bonds. The van der Waals surface area contributed by atoms with Crippen molar-refractivity contribution in [1.82, 2.24) is 4.90 Å². The van der Waals surface area contributed by atoms with Gasteiger partial charge >= 0.3 is 11.9 Å². The van der Waals surface area contributed by atoms with E-state index in [1.165, 1.54) is 7.11 Å². The predicted molar refractivity (Wildman–Crippen MR) is 94.9 cm³/mol. The third-order valence-corrected chi connectivity index (χ3v) is 4.85. The molecule has 0 aromatic heterocycles. The van der Waals surface area contributed by atoms with Gasteiger partial charge < -0.3 is 23.7 Å². The van der Waals surface area contributed by atoms with Crippen LogP contribution in [0.5, 0.6) is 17.2 Å². The highest BCUT2D eigenvalue weighted by atomic mass is 16.7. The second kappa shape index (κ2) is 8.04. The van der Waals surface area contributed by atoms with Gasteiger partial charge in [0.2, 0.25) is 12.5 Å². The van der Waals surface area contributed by atoms with Gasteiger partial charge in [-0.3, -0.25) is 14.5 Å². The number of hydrogen-bond acceptors (Lipinski definition) is 8. The van der Waals surface area contributed by atoms with Crippen molar-refractivity contribution in [2.75, 3.05) is 40.7 Å². The molecule has 3 rings (SSSR count). The van der Waals surface area contributed by atoms with Crippen molar-refractivity contribution in [2.45, 2.75) is 26.3 Å². The average molecular weight is 379 g/mol. The Bertz CT molecular complexity index is 715. The molecule has 0 unspecified atom stereocenters. The Morgan fingerprint density at radius 2 is 1.89 bits per heavy atom. The SMILES string of the molecule is CCOC(=O)C(C(=O)OCC)[C@H]1c2c(cc3c(c2OC)OCO3)CCN1C. The van der Waals surface area contributed by atoms with Crippen LogP contribution in [-0.4, -0.2) is 57.5 Å². The molecule has 0 saturated carbocycles. The minimum atomic E-state index is -1.12. The predicted octanol–water partition coefficient (Wildman–Crippen LogP) is 1.70. The molecule has 0 N–H and O–H groups in total. The van der Waals surface area contributed by atoms with Gasteiger partial charge in [0.25, 0.3) is 0 Å². The van der Waals surface area contributed by atoms with E-state index in [0.29, 0.717) is 23.8 Å². The third kappa shape index (κ3) is 3.41. The van der Waals surface area contributed by atoms with E-state index in [9.17, 15) is 9.59 Å². The van der Waals surface area contributed by atoms with Gasteiger partial charge in [-0.1, -0.05) is 0 Å². The van der Waals surface area contributed by atoms with E-state index < -0.39 is 23.9 Å². The maximum atomic E-state index is 12.7. The van der Waals surface area contributed by atoms with Crippen molar-refractivity contribution in [3.63, 3.8) is 0 Å². The van der Waals surface area contributed by atoms with Gasteiger partial charge in [-0.25, -0.2) is 0 Å². The van der Waals surface area contributed by atoms with Crippen LogP contribution in [0.25, 0.3) is 0 Å². The largest absolute Gasteiger partial charge is 0.492 e. The maximum Gasteiger partial charge on any atom is 0.322 e. The average Bonchev–Trinajstić information content (AvgIpc) is 3.10. The van der Waals surface area contributed by atoms with Crippen molar-refractivity contribution in [3.8, 4) is 17.2 Å². The summed E-state index contributed by atoms with van der Waals surface area (Å²) >= 11 is 0. The fourth-order valence-electron chi connectivity index (χ4n) is 3.71. The number of esters is 2. The standard InChI is InChI=1S/C19H25NO7/c1-5-24-18(21)14(19(22)25-6-2)15-13-11(7-8-20(15)3)9-12-16(17(13)23-4)27-10-26-12/h9,14-15H,5-8,10H2,1-4H3/t15-/m1/s1. The van der Waals surface area contributed by atoms with Crippen LogP contribution in [0, 0.1) is 5.92 Å². The van der Waals surface area contributed by atoms with Crippen LogP contribution < -0.4 is 14.2 Å². The summed E-state index contributed by atoms with van der Waals surface area (Å²) in [6.07, 6.45) is 0.730. The maximum absolute atomic E-state index is 12.7. The fraction of sp³-hybridized carbons (Fsp3) is 0.579. The van der Waals surface area contributed by atoms with Gasteiger partial charge in [0, 0.05) is 12.1 Å². The monoisotopic (exact) mass is 379 g/mol. The van der Waals surface area contributed by atoms with E-state index in [1.807, 2.05) is 18.0 Å². The molecule has 0 fully saturated rings. The molecule has 1 aromatic rings. The Kier molecular flexibility index (Phi) is 5.74. The second-order valence-corrected chi connectivity index (χ2v) is 6.37. The van der Waals surface area contributed by atoms with Gasteiger partial charge in [0.1, 0.15) is 0 Å². The minimum Gasteiger partial charge on any atom is -0.492 e. The molecule has 0 aliphatic carbocycles. The molecular weight excluding hydrogens is 354 g/mol. The lowest BCUT2D eigenvalue weighted by atomic mass is 9.83. The van der Waals surface area contributed by atoms with E-state index >= 15 is 0 Å². The molecule has 148 valence electrons. The number of nitrogens with zero attached hydrogens (tertiary/aromatic N) is 1. The summed E-state index contributed by atoms with van der Waals surface area (Å²) in [6, 6.07) is 1.31. The lowest BCUT2D eigenvalue weighted by Crippen LogP contribution is -2.44. The highest BCUT2D eigenvalue weighted by Gasteiger charge is 2.45. The third-order valence-electron chi connectivity index (χ3n) is 4.85. The van der Waals surface area contributed by atoms with Gasteiger partial charge in [-0.2, -0.15) is 0 Å². The van der Waals surface area contributed by atoms with Gasteiger partial charge in [-0.15, -0.1) is 0 Å². The molecule has 2 aliphatic heterocycles. The van der Waals surface area contributed by atoms with Crippen molar-refractivity contribution in [1.29, 1.82) is 0 Å². The molecule has 8 nitrogen and oxygen atoms in total. The summed E-state index contributed by atoms with van der Waals surface area (Å²) in [7, 11) is 3.40. The summed E-state index contributed by atoms with van der Waals surface area (Å²) in [6.45, 7) is 4.53. The Morgan fingerprint density at radius 3 is 2.48 bits per heavy atom. The Labute approximate surface area is 158 Å². The molecule has 27 heavy (non-hydrogen) atoms. The first kappa shape index (κ1) is 19.3. The molecule has 8 heteroatoms. The van der Waals surface area contributed by atoms with E-state index in [2.05, 4.69) is 0 Å². The summed E-state index contributed by atoms with van der Waals surface area (Å²) in [4.78, 5) is 27.4. The molecular formula is C19H25NO7. The number of ether oxygens (including phenoxy) is 5. The molecule has 1 atom stereocenters. The van der Waals surface area contributed by atoms with Crippen LogP contribution in [0.4, 0.5) is 0 Å². The highest BCUT2D eigenvalue weighted by Crippen LogP contribution is 2.51. The van der Waals surface area contributed by atoms with Crippen molar-refractivity contribution in [2.24, 2.45) is 5.92 Å². The van der Waals surface area contributed by atoms with E-state index in [-0.39, 0.29) is 20.0 Å². The normalized spacial score (nSPS) is 18.2. The van der Waals surface area contributed by atoms with E-state index in [0.717, 1.165) is 17.5 Å². The zero-order valence-corrected chi connectivity index (χ0v) is 16.1. The summed E-state index contributed by atoms with van der Waals surface area (Å²) < 4.78 is 27.1. The number of carbonyl (C=O) groups is 2. The number of hydrogen-bond donors (Lipinski definition) is 0. The molecule has 0 bridgehead atoms. The number of benzene rings is 1. The first-order chi connectivity index (χ1) is 13.0. The van der Waals surface area contributed by atoms with Crippen LogP contribution in [-0.2, 0) is 25.5 Å². The molecule has 0 spiro atoms. The van der Waals surface area contributed by atoms with Gasteiger partial charge in [0.05, 0.1) is 26.4 Å². The number of fused-ring (bicyclic) bond motifs is 2. The Morgan fingerprint density at radius 1 is 1.22 bits per heavy atom. The molecule has 0 saturated heterocycles. The topological polar surface area (TPSA) is 83.5 Å². The molecule has 2 heterocycles. The van der Waals surface area contributed by atoms with E-state index in [4.69, 9.17) is 23.7 Å². The van der Waals surface area contributed by atoms with Gasteiger partial charge in [0.15, 0.2) is 17.4 Å². The smallest absolute Gasteiger partial charge is 0.322 e. The molecule has 1 aromatic carbocycles. The van der Waals surface area contributed by atoms with Crippen LogP contribution in [0.2, 0.25) is 0 Å². The van der Waals surface area contributed by atoms with Crippen molar-refractivity contribution in [3.05, 3.63) is 17.2 Å². The second-order valence-electron chi connectivity index (χ2n) is 6.37. The summed E-state index contributed by atoms with van der Waals surface area (Å²) in [5.41, 5.74) is 1.69. The van der Waals surface area contributed by atoms with Crippen LogP contribution >= 0.6 is 0 Å². The summed E-state index contributed by atoms with van der Waals surface area (Å²) in [5, 5.41) is 0. The quantitative estimate of drug-likeness (QED) is 0.546. The number of methoxy groups -OCH3 is 1. The zero-order valence-electron chi connectivity index (χ0n) is 16.1. The minimum absolute atomic E-state index is 0.105. The molecule has 0 radical (unpaired) electrons. The van der Waals surface area contributed by atoms with Crippen molar-refractivity contribution >= 4 is 11.9 Å². The van der Waals surface area contributed by atoms with Crippen LogP contribution in [0.15, 0.2) is 6.07 Å². The van der Waals surface area contributed by atoms with E-state index in [1.54, 1.807) is 13.8 Å². The first-order valence-corrected chi connectivity index (χ1v) is 9.06. The number of carbonyl (C=O) groups excluding carboxylic acids is 2. The van der Waals surface area contributed by atoms with Crippen LogP contribution in [0.3, 0.4) is 0 Å². The number of likely N-dealkylation sites (N-methyl/N-ethyl adjacent to an activating group) is 1. The summed E-state index contributed by atoms with van der Waals surface area (Å²) in [5.74, 6) is -0.764. The zero-order chi connectivity index (χ0) is 19.6. The van der Waals surface area contributed by atoms with Gasteiger partial charge in [-0.05, 0) is 38.9 Å². The number of rotatable bonds is 6. The Hall–Kier alpha value is -2.48.